The van der Waals surface area contributed by atoms with Crippen molar-refractivity contribution in [2.75, 3.05) is 16.8 Å². The van der Waals surface area contributed by atoms with Crippen molar-refractivity contribution in [3.8, 4) is 17.2 Å². The summed E-state index contributed by atoms with van der Waals surface area (Å²) in [5, 5.41) is 9.07. The van der Waals surface area contributed by atoms with E-state index in [0.717, 1.165) is 28.4 Å². The maximum Gasteiger partial charge on any atom is 0.0991 e. The largest absolute Gasteiger partial charge is 0.345 e. The zero-order chi connectivity index (χ0) is 24.0. The molecule has 0 heterocycles. The highest BCUT2D eigenvalue weighted by atomic mass is 15.1. The molecule has 3 heteroatoms. The zero-order valence-electron chi connectivity index (χ0n) is 19.5. The molecular weight excluding hydrogens is 426 g/mol. The summed E-state index contributed by atoms with van der Waals surface area (Å²) in [5.41, 5.74) is 8.43. The maximum atomic E-state index is 9.07. The first-order valence-corrected chi connectivity index (χ1v) is 11.6. The standard InChI is InChI=1S/C32H25N3/c1-34(28-17-15-25(24-33)16-18-28)29-19-21-31(22-20-29)35(30-12-6-3-7-13-30)32-14-8-11-27(23-32)26-9-4-2-5-10-26/h2-23H,1H3. The molecule has 0 atom stereocenters. The van der Waals surface area contributed by atoms with Gasteiger partial charge < -0.3 is 9.80 Å². The van der Waals surface area contributed by atoms with Crippen molar-refractivity contribution in [1.82, 2.24) is 0 Å². The molecule has 0 saturated carbocycles. The molecule has 5 aromatic carbocycles. The van der Waals surface area contributed by atoms with Gasteiger partial charge in [0.2, 0.25) is 0 Å². The first kappa shape index (κ1) is 22.0. The van der Waals surface area contributed by atoms with Crippen molar-refractivity contribution in [3.63, 3.8) is 0 Å². The third kappa shape index (κ3) is 4.78. The molecule has 0 fully saturated rings. The van der Waals surface area contributed by atoms with Crippen molar-refractivity contribution in [2.45, 2.75) is 0 Å². The van der Waals surface area contributed by atoms with Crippen LogP contribution in [0.1, 0.15) is 5.56 Å². The Hall–Kier alpha value is -4.81. The first-order valence-electron chi connectivity index (χ1n) is 11.6. The zero-order valence-corrected chi connectivity index (χ0v) is 19.5. The van der Waals surface area contributed by atoms with E-state index in [4.69, 9.17) is 5.26 Å². The van der Waals surface area contributed by atoms with Crippen LogP contribution in [-0.4, -0.2) is 7.05 Å². The van der Waals surface area contributed by atoms with Crippen LogP contribution >= 0.6 is 0 Å². The third-order valence-electron chi connectivity index (χ3n) is 6.10. The Labute approximate surface area is 206 Å². The van der Waals surface area contributed by atoms with E-state index in [9.17, 15) is 0 Å². The number of benzene rings is 5. The van der Waals surface area contributed by atoms with Crippen LogP contribution in [0.15, 0.2) is 133 Å². The van der Waals surface area contributed by atoms with E-state index in [1.165, 1.54) is 11.1 Å². The summed E-state index contributed by atoms with van der Waals surface area (Å²) in [7, 11) is 2.04. The van der Waals surface area contributed by atoms with Gasteiger partial charge in [-0.1, -0.05) is 60.7 Å². The fraction of sp³-hybridized carbons (Fsp3) is 0.0312. The van der Waals surface area contributed by atoms with Crippen LogP contribution in [0.3, 0.4) is 0 Å². The van der Waals surface area contributed by atoms with Gasteiger partial charge in [0, 0.05) is 35.5 Å². The number of nitriles is 1. The predicted molar refractivity (Wildman–Crippen MR) is 146 cm³/mol. The maximum absolute atomic E-state index is 9.07. The molecule has 5 aromatic rings. The third-order valence-corrected chi connectivity index (χ3v) is 6.10. The molecule has 0 amide bonds. The molecule has 35 heavy (non-hydrogen) atoms. The van der Waals surface area contributed by atoms with Crippen molar-refractivity contribution in [1.29, 1.82) is 5.26 Å². The van der Waals surface area contributed by atoms with Crippen LogP contribution in [0.2, 0.25) is 0 Å². The number of anilines is 5. The molecule has 0 radical (unpaired) electrons. The van der Waals surface area contributed by atoms with E-state index in [-0.39, 0.29) is 0 Å². The number of hydrogen-bond acceptors (Lipinski definition) is 3. The van der Waals surface area contributed by atoms with E-state index < -0.39 is 0 Å². The van der Waals surface area contributed by atoms with Gasteiger partial charge in [-0.2, -0.15) is 5.26 Å². The minimum atomic E-state index is 0.661. The summed E-state index contributed by atoms with van der Waals surface area (Å²) in [6, 6.07) is 47.9. The summed E-state index contributed by atoms with van der Waals surface area (Å²) in [5.74, 6) is 0. The fourth-order valence-electron chi connectivity index (χ4n) is 4.21. The van der Waals surface area contributed by atoms with Crippen LogP contribution in [0, 0.1) is 11.3 Å². The lowest BCUT2D eigenvalue weighted by atomic mass is 10.0. The number of para-hydroxylation sites is 1. The Bertz CT molecular complexity index is 1440. The van der Waals surface area contributed by atoms with Crippen molar-refractivity contribution in [2.24, 2.45) is 0 Å². The number of nitrogens with zero attached hydrogens (tertiary/aromatic N) is 3. The van der Waals surface area contributed by atoms with Gasteiger partial charge >= 0.3 is 0 Å². The average molecular weight is 452 g/mol. The minimum absolute atomic E-state index is 0.661. The Balaban J connectivity index is 1.51. The van der Waals surface area contributed by atoms with Crippen molar-refractivity contribution < 1.29 is 0 Å². The molecule has 0 bridgehead atoms. The molecule has 0 N–H and O–H groups in total. The monoisotopic (exact) mass is 451 g/mol. The molecule has 3 nitrogen and oxygen atoms in total. The van der Waals surface area contributed by atoms with Gasteiger partial charge in [0.05, 0.1) is 11.6 Å². The Morgan fingerprint density at radius 2 is 0.971 bits per heavy atom. The molecule has 0 aromatic heterocycles. The molecular formula is C32H25N3. The molecule has 0 aliphatic carbocycles. The van der Waals surface area contributed by atoms with Gasteiger partial charge in [0.1, 0.15) is 0 Å². The van der Waals surface area contributed by atoms with Gasteiger partial charge in [-0.3, -0.25) is 0 Å². The second-order valence-electron chi connectivity index (χ2n) is 8.32. The van der Waals surface area contributed by atoms with Crippen LogP contribution in [0.4, 0.5) is 28.4 Å². The lowest BCUT2D eigenvalue weighted by Crippen LogP contribution is -2.12. The number of rotatable bonds is 6. The van der Waals surface area contributed by atoms with Gasteiger partial charge in [0.15, 0.2) is 0 Å². The van der Waals surface area contributed by atoms with E-state index in [1.54, 1.807) is 0 Å². The Morgan fingerprint density at radius 3 is 1.60 bits per heavy atom. The quantitative estimate of drug-likeness (QED) is 0.259. The van der Waals surface area contributed by atoms with Gasteiger partial charge in [-0.25, -0.2) is 0 Å². The van der Waals surface area contributed by atoms with E-state index in [2.05, 4.69) is 113 Å². The summed E-state index contributed by atoms with van der Waals surface area (Å²) >= 11 is 0. The van der Waals surface area contributed by atoms with Crippen LogP contribution in [0.5, 0.6) is 0 Å². The Kier molecular flexibility index (Phi) is 6.28. The van der Waals surface area contributed by atoms with Gasteiger partial charge in [0.25, 0.3) is 0 Å². The van der Waals surface area contributed by atoms with Crippen molar-refractivity contribution >= 4 is 28.4 Å². The SMILES string of the molecule is CN(c1ccc(C#N)cc1)c1ccc(N(c2ccccc2)c2cccc(-c3ccccc3)c2)cc1. The molecule has 5 rings (SSSR count). The summed E-state index contributed by atoms with van der Waals surface area (Å²) in [6.45, 7) is 0. The lowest BCUT2D eigenvalue weighted by Gasteiger charge is -2.27. The topological polar surface area (TPSA) is 30.3 Å². The normalized spacial score (nSPS) is 10.4. The van der Waals surface area contributed by atoms with E-state index >= 15 is 0 Å². The number of hydrogen-bond donors (Lipinski definition) is 0. The highest BCUT2D eigenvalue weighted by molar-refractivity contribution is 5.80. The summed E-state index contributed by atoms with van der Waals surface area (Å²) in [4.78, 5) is 4.39. The van der Waals surface area contributed by atoms with Crippen LogP contribution in [0.25, 0.3) is 11.1 Å². The van der Waals surface area contributed by atoms with Gasteiger partial charge in [-0.15, -0.1) is 0 Å². The van der Waals surface area contributed by atoms with Gasteiger partial charge in [-0.05, 0) is 83.9 Å². The summed E-state index contributed by atoms with van der Waals surface area (Å²) < 4.78 is 0. The minimum Gasteiger partial charge on any atom is -0.345 e. The van der Waals surface area contributed by atoms with E-state index in [1.807, 2.05) is 43.4 Å². The smallest absolute Gasteiger partial charge is 0.0991 e. The average Bonchev–Trinajstić information content (AvgIpc) is 2.94. The molecule has 0 aliphatic rings. The Morgan fingerprint density at radius 1 is 0.486 bits per heavy atom. The molecule has 0 unspecified atom stereocenters. The molecule has 0 saturated heterocycles. The predicted octanol–water partition coefficient (Wildman–Crippen LogP) is 8.46. The van der Waals surface area contributed by atoms with Crippen LogP contribution in [-0.2, 0) is 0 Å². The second-order valence-corrected chi connectivity index (χ2v) is 8.32. The fourth-order valence-corrected chi connectivity index (χ4v) is 4.21. The molecule has 168 valence electrons. The first-order chi connectivity index (χ1) is 17.2. The molecule has 0 aliphatic heterocycles. The highest BCUT2D eigenvalue weighted by Crippen LogP contribution is 2.37. The summed E-state index contributed by atoms with van der Waals surface area (Å²) in [6.07, 6.45) is 0. The lowest BCUT2D eigenvalue weighted by molar-refractivity contribution is 1.20. The van der Waals surface area contributed by atoms with E-state index in [0.29, 0.717) is 5.56 Å². The highest BCUT2D eigenvalue weighted by Gasteiger charge is 2.14. The molecule has 0 spiro atoms. The second kappa shape index (κ2) is 9.99. The van der Waals surface area contributed by atoms with Crippen LogP contribution < -0.4 is 9.80 Å². The van der Waals surface area contributed by atoms with Crippen molar-refractivity contribution in [3.05, 3.63) is 139 Å².